The van der Waals surface area contributed by atoms with E-state index in [1.165, 1.54) is 21.3 Å². The van der Waals surface area contributed by atoms with Gasteiger partial charge in [-0.1, -0.05) is 0 Å². The Morgan fingerprint density at radius 1 is 1.07 bits per heavy atom. The molecule has 0 aliphatic heterocycles. The number of anilines is 1. The summed E-state index contributed by atoms with van der Waals surface area (Å²) in [6.07, 6.45) is 2.19. The normalized spacial score (nSPS) is 10.7. The van der Waals surface area contributed by atoms with Crippen LogP contribution in [0.25, 0.3) is 6.08 Å². The van der Waals surface area contributed by atoms with Crippen molar-refractivity contribution in [3.63, 3.8) is 0 Å². The van der Waals surface area contributed by atoms with Crippen molar-refractivity contribution >= 4 is 23.4 Å². The maximum Gasteiger partial charge on any atom is 0.387 e. The first-order valence-corrected chi connectivity index (χ1v) is 8.31. The van der Waals surface area contributed by atoms with Crippen molar-refractivity contribution in [2.75, 3.05) is 26.6 Å². The molecule has 9 nitrogen and oxygen atoms in total. The fourth-order valence-corrected chi connectivity index (χ4v) is 2.45. The molecule has 0 atom stereocenters. The molecule has 0 saturated heterocycles. The first-order chi connectivity index (χ1) is 14.3. The van der Waals surface area contributed by atoms with Gasteiger partial charge in [-0.15, -0.1) is 0 Å². The highest BCUT2D eigenvalue weighted by Crippen LogP contribution is 2.36. The molecule has 1 N–H and O–H groups in total. The number of amides is 1. The number of hydrogen-bond acceptors (Lipinski definition) is 7. The maximum atomic E-state index is 12.5. The van der Waals surface area contributed by atoms with Gasteiger partial charge >= 0.3 is 6.61 Å². The van der Waals surface area contributed by atoms with Crippen LogP contribution >= 0.6 is 0 Å². The summed E-state index contributed by atoms with van der Waals surface area (Å²) in [5.74, 6) is -0.396. The standard InChI is InChI=1S/C19H18F2N2O7/c1-27-12-5-6-13(15(9-12)28-2)22-18(24)7-4-11-8-16(29-3)17(30-19(20)21)10-14(11)23(25)26/h4-10,19H,1-3H3,(H,22,24)/b7-4+. The molecule has 30 heavy (non-hydrogen) atoms. The third-order valence-electron chi connectivity index (χ3n) is 3.81. The first-order valence-electron chi connectivity index (χ1n) is 8.31. The highest BCUT2D eigenvalue weighted by Gasteiger charge is 2.20. The predicted molar refractivity (Wildman–Crippen MR) is 103 cm³/mol. The van der Waals surface area contributed by atoms with Gasteiger partial charge in [0.05, 0.1) is 43.6 Å². The van der Waals surface area contributed by atoms with E-state index in [2.05, 4.69) is 10.1 Å². The number of benzene rings is 2. The van der Waals surface area contributed by atoms with Gasteiger partial charge in [0.2, 0.25) is 5.91 Å². The van der Waals surface area contributed by atoms with Gasteiger partial charge in [-0.05, 0) is 24.3 Å². The summed E-state index contributed by atoms with van der Waals surface area (Å²) in [4.78, 5) is 22.8. The summed E-state index contributed by atoms with van der Waals surface area (Å²) < 4.78 is 44.4. The van der Waals surface area contributed by atoms with Crippen LogP contribution in [-0.2, 0) is 4.79 Å². The van der Waals surface area contributed by atoms with Crippen LogP contribution in [0.4, 0.5) is 20.2 Å². The van der Waals surface area contributed by atoms with Crippen molar-refractivity contribution in [3.8, 4) is 23.0 Å². The number of nitro benzene ring substituents is 1. The number of carbonyl (C=O) groups excluding carboxylic acids is 1. The van der Waals surface area contributed by atoms with Crippen LogP contribution < -0.4 is 24.3 Å². The highest BCUT2D eigenvalue weighted by molar-refractivity contribution is 6.03. The Morgan fingerprint density at radius 2 is 1.77 bits per heavy atom. The predicted octanol–water partition coefficient (Wildman–Crippen LogP) is 3.87. The number of nitrogens with one attached hydrogen (secondary N) is 1. The van der Waals surface area contributed by atoms with Crippen LogP contribution in [0.5, 0.6) is 23.0 Å². The van der Waals surface area contributed by atoms with Crippen LogP contribution in [0.2, 0.25) is 0 Å². The molecule has 0 aromatic heterocycles. The molecule has 11 heteroatoms. The maximum absolute atomic E-state index is 12.5. The van der Waals surface area contributed by atoms with E-state index >= 15 is 0 Å². The molecule has 1 amide bonds. The SMILES string of the molecule is COc1ccc(NC(=O)/C=C/c2cc(OC)c(OC(F)F)cc2[N+](=O)[O-])c(OC)c1. The number of alkyl halides is 2. The van der Waals surface area contributed by atoms with Crippen molar-refractivity contribution in [2.45, 2.75) is 6.61 Å². The van der Waals surface area contributed by atoms with E-state index in [0.29, 0.717) is 17.2 Å². The molecule has 0 bridgehead atoms. The molecule has 0 heterocycles. The zero-order valence-electron chi connectivity index (χ0n) is 16.2. The average Bonchev–Trinajstić information content (AvgIpc) is 2.72. The molecule has 0 aliphatic rings. The number of hydrogen-bond donors (Lipinski definition) is 1. The Kier molecular flexibility index (Phi) is 7.50. The van der Waals surface area contributed by atoms with E-state index in [1.807, 2.05) is 0 Å². The van der Waals surface area contributed by atoms with Gasteiger partial charge in [-0.2, -0.15) is 8.78 Å². The Morgan fingerprint density at radius 3 is 2.33 bits per heavy atom. The van der Waals surface area contributed by atoms with E-state index in [-0.39, 0.29) is 11.3 Å². The van der Waals surface area contributed by atoms with Crippen molar-refractivity contribution in [2.24, 2.45) is 0 Å². The van der Waals surface area contributed by atoms with E-state index in [0.717, 1.165) is 24.3 Å². The fourth-order valence-electron chi connectivity index (χ4n) is 2.45. The van der Waals surface area contributed by atoms with Crippen LogP contribution in [0.3, 0.4) is 0 Å². The van der Waals surface area contributed by atoms with Crippen LogP contribution in [-0.4, -0.2) is 38.8 Å². The molecular weight excluding hydrogens is 406 g/mol. The third-order valence-corrected chi connectivity index (χ3v) is 3.81. The minimum Gasteiger partial charge on any atom is -0.497 e. The molecule has 0 saturated carbocycles. The van der Waals surface area contributed by atoms with Gasteiger partial charge in [0.15, 0.2) is 11.5 Å². The number of nitro groups is 1. The summed E-state index contributed by atoms with van der Waals surface area (Å²) >= 11 is 0. The summed E-state index contributed by atoms with van der Waals surface area (Å²) in [5, 5.41) is 13.9. The molecule has 2 rings (SSSR count). The van der Waals surface area contributed by atoms with E-state index in [1.54, 1.807) is 18.2 Å². The van der Waals surface area contributed by atoms with Gasteiger partial charge in [0.1, 0.15) is 11.5 Å². The molecule has 2 aromatic carbocycles. The van der Waals surface area contributed by atoms with E-state index in [9.17, 15) is 23.7 Å². The Labute approximate surface area is 170 Å². The molecule has 160 valence electrons. The highest BCUT2D eigenvalue weighted by atomic mass is 19.3. The lowest BCUT2D eigenvalue weighted by atomic mass is 10.1. The Balaban J connectivity index is 2.30. The first kappa shape index (κ1) is 22.4. The van der Waals surface area contributed by atoms with E-state index < -0.39 is 28.9 Å². The van der Waals surface area contributed by atoms with Gasteiger partial charge in [-0.25, -0.2) is 0 Å². The average molecular weight is 424 g/mol. The minimum atomic E-state index is -3.19. The van der Waals surface area contributed by atoms with Crippen LogP contribution in [0.1, 0.15) is 5.56 Å². The molecule has 0 unspecified atom stereocenters. The lowest BCUT2D eigenvalue weighted by molar-refractivity contribution is -0.385. The van der Waals surface area contributed by atoms with Gasteiger partial charge in [0, 0.05) is 12.1 Å². The number of ether oxygens (including phenoxy) is 4. The fraction of sp³-hybridized carbons (Fsp3) is 0.211. The molecule has 0 spiro atoms. The quantitative estimate of drug-likeness (QED) is 0.370. The summed E-state index contributed by atoms with van der Waals surface area (Å²) in [6.45, 7) is -3.19. The number of carbonyl (C=O) groups is 1. The van der Waals surface area contributed by atoms with Crippen molar-refractivity contribution in [3.05, 3.63) is 52.1 Å². The monoisotopic (exact) mass is 424 g/mol. The molecule has 0 fully saturated rings. The number of rotatable bonds is 9. The zero-order chi connectivity index (χ0) is 22.3. The van der Waals surface area contributed by atoms with Gasteiger partial charge in [0.25, 0.3) is 5.69 Å². The summed E-state index contributed by atoms with van der Waals surface area (Å²) in [7, 11) is 4.09. The van der Waals surface area contributed by atoms with E-state index in [4.69, 9.17) is 14.2 Å². The van der Waals surface area contributed by atoms with Crippen molar-refractivity contribution < 1.29 is 37.4 Å². The number of halogens is 2. The summed E-state index contributed by atoms with van der Waals surface area (Å²) in [6, 6.07) is 6.66. The van der Waals surface area contributed by atoms with Crippen LogP contribution in [0.15, 0.2) is 36.4 Å². The second-order valence-electron chi connectivity index (χ2n) is 5.59. The number of nitrogens with zero attached hydrogens (tertiary/aromatic N) is 1. The third kappa shape index (κ3) is 5.56. The second-order valence-corrected chi connectivity index (χ2v) is 5.59. The largest absolute Gasteiger partial charge is 0.497 e. The Bertz CT molecular complexity index is 964. The number of methoxy groups -OCH3 is 3. The van der Waals surface area contributed by atoms with Gasteiger partial charge in [-0.3, -0.25) is 14.9 Å². The zero-order valence-corrected chi connectivity index (χ0v) is 16.2. The summed E-state index contributed by atoms with van der Waals surface area (Å²) in [5.41, 5.74) is -0.242. The van der Waals surface area contributed by atoms with Crippen molar-refractivity contribution in [1.29, 1.82) is 0 Å². The topological polar surface area (TPSA) is 109 Å². The molecule has 0 radical (unpaired) electrons. The molecule has 0 aliphatic carbocycles. The lowest BCUT2D eigenvalue weighted by Gasteiger charge is -2.11. The van der Waals surface area contributed by atoms with Crippen molar-refractivity contribution in [1.82, 2.24) is 0 Å². The minimum absolute atomic E-state index is 0.0460. The second kappa shape index (κ2) is 10.0. The Hall–Kier alpha value is -3.89. The van der Waals surface area contributed by atoms with Crippen LogP contribution in [0, 0.1) is 10.1 Å². The van der Waals surface area contributed by atoms with Gasteiger partial charge < -0.3 is 24.3 Å². The smallest absolute Gasteiger partial charge is 0.387 e. The molecular formula is C19H18F2N2O7. The molecule has 2 aromatic rings. The lowest BCUT2D eigenvalue weighted by Crippen LogP contribution is -2.09.